The normalized spacial score (nSPS) is 10.5. The molecule has 2 aromatic carbocycles. The molecule has 0 saturated heterocycles. The van der Waals surface area contributed by atoms with E-state index in [1.165, 1.54) is 33.4 Å². The van der Waals surface area contributed by atoms with Crippen LogP contribution in [0.25, 0.3) is 11.1 Å². The van der Waals surface area contributed by atoms with Crippen molar-refractivity contribution < 1.29 is 0 Å². The molecule has 2 rings (SSSR count). The molecule has 0 nitrogen and oxygen atoms in total. The van der Waals surface area contributed by atoms with Gasteiger partial charge >= 0.3 is 0 Å². The summed E-state index contributed by atoms with van der Waals surface area (Å²) in [7, 11) is 0. The molecule has 0 heterocycles. The van der Waals surface area contributed by atoms with Crippen molar-refractivity contribution in [3.8, 4) is 11.1 Å². The predicted molar refractivity (Wildman–Crippen MR) is 69.7 cm³/mol. The van der Waals surface area contributed by atoms with E-state index in [1.807, 2.05) is 0 Å². The van der Waals surface area contributed by atoms with Crippen LogP contribution in [0.2, 0.25) is 0 Å². The first-order valence-corrected chi connectivity index (χ1v) is 5.65. The molecule has 81 valence electrons. The molecule has 0 aliphatic rings. The van der Waals surface area contributed by atoms with E-state index < -0.39 is 0 Å². The Morgan fingerprint density at radius 1 is 0.875 bits per heavy atom. The van der Waals surface area contributed by atoms with Gasteiger partial charge < -0.3 is 0 Å². The lowest BCUT2D eigenvalue weighted by Crippen LogP contribution is -1.91. The van der Waals surface area contributed by atoms with Crippen molar-refractivity contribution in [2.45, 2.75) is 27.7 Å². The molecular weight excluding hydrogens is 192 g/mol. The largest absolute Gasteiger partial charge is 0.0617 e. The van der Waals surface area contributed by atoms with Gasteiger partial charge in [-0.3, -0.25) is 0 Å². The third-order valence-electron chi connectivity index (χ3n) is 3.01. The van der Waals surface area contributed by atoms with Crippen molar-refractivity contribution in [3.05, 3.63) is 58.7 Å². The lowest BCUT2D eigenvalue weighted by molar-refractivity contribution is 1.33. The number of benzene rings is 2. The van der Waals surface area contributed by atoms with Gasteiger partial charge in [-0.15, -0.1) is 0 Å². The van der Waals surface area contributed by atoms with E-state index in [-0.39, 0.29) is 0 Å². The Morgan fingerprint density at radius 3 is 2.06 bits per heavy atom. The van der Waals surface area contributed by atoms with Crippen molar-refractivity contribution in [2.75, 3.05) is 0 Å². The van der Waals surface area contributed by atoms with Crippen LogP contribution in [0.3, 0.4) is 0 Å². The number of rotatable bonds is 1. The molecule has 0 saturated carbocycles. The molecule has 0 aliphatic carbocycles. The molecular formula is C16H17. The maximum atomic E-state index is 3.40. The fraction of sp³-hybridized carbons (Fsp3) is 0.250. The van der Waals surface area contributed by atoms with Crippen molar-refractivity contribution in [2.24, 2.45) is 0 Å². The first-order valence-electron chi connectivity index (χ1n) is 5.65. The van der Waals surface area contributed by atoms with Gasteiger partial charge in [0.25, 0.3) is 0 Å². The van der Waals surface area contributed by atoms with Gasteiger partial charge in [0.15, 0.2) is 0 Å². The highest BCUT2D eigenvalue weighted by Crippen LogP contribution is 2.29. The molecule has 16 heavy (non-hydrogen) atoms. The van der Waals surface area contributed by atoms with Crippen LogP contribution < -0.4 is 0 Å². The first-order chi connectivity index (χ1) is 7.59. The average Bonchev–Trinajstić information content (AvgIpc) is 2.20. The van der Waals surface area contributed by atoms with E-state index in [9.17, 15) is 0 Å². The SMILES string of the molecule is Cc1c[c]c(-c2c(C)cccc2C)c(C)c1. The third kappa shape index (κ3) is 1.88. The zero-order chi connectivity index (χ0) is 11.7. The summed E-state index contributed by atoms with van der Waals surface area (Å²) in [6.07, 6.45) is 0. The Bertz CT molecular complexity index is 501. The highest BCUT2D eigenvalue weighted by Gasteiger charge is 2.07. The Morgan fingerprint density at radius 2 is 1.50 bits per heavy atom. The number of hydrogen-bond donors (Lipinski definition) is 0. The summed E-state index contributed by atoms with van der Waals surface area (Å²) in [4.78, 5) is 0. The number of hydrogen-bond acceptors (Lipinski definition) is 0. The molecule has 0 heteroatoms. The zero-order valence-corrected chi connectivity index (χ0v) is 10.4. The average molecular weight is 209 g/mol. The van der Waals surface area contributed by atoms with Crippen LogP contribution in [0.1, 0.15) is 22.3 Å². The van der Waals surface area contributed by atoms with Crippen LogP contribution in [0.4, 0.5) is 0 Å². The fourth-order valence-electron chi connectivity index (χ4n) is 2.23. The second-order valence-corrected chi connectivity index (χ2v) is 4.50. The van der Waals surface area contributed by atoms with Crippen LogP contribution >= 0.6 is 0 Å². The van der Waals surface area contributed by atoms with Crippen LogP contribution in [0.5, 0.6) is 0 Å². The maximum absolute atomic E-state index is 3.40. The van der Waals surface area contributed by atoms with Gasteiger partial charge in [0.05, 0.1) is 0 Å². The second kappa shape index (κ2) is 4.13. The quantitative estimate of drug-likeness (QED) is 0.653. The van der Waals surface area contributed by atoms with Crippen molar-refractivity contribution >= 4 is 0 Å². The maximum Gasteiger partial charge on any atom is -0.00704 e. The minimum Gasteiger partial charge on any atom is -0.0617 e. The molecule has 0 spiro atoms. The van der Waals surface area contributed by atoms with Crippen LogP contribution in [-0.4, -0.2) is 0 Å². The third-order valence-corrected chi connectivity index (χ3v) is 3.01. The standard InChI is InChI=1S/C16H17/c1-11-8-9-15(14(4)10-11)16-12(2)6-5-7-13(16)3/h5-8,10H,1-4H3. The van der Waals surface area contributed by atoms with E-state index in [0.717, 1.165) is 0 Å². The van der Waals surface area contributed by atoms with Crippen molar-refractivity contribution in [3.63, 3.8) is 0 Å². The molecule has 0 N–H and O–H groups in total. The Kier molecular flexibility index (Phi) is 2.82. The Balaban J connectivity index is 2.68. The fourth-order valence-corrected chi connectivity index (χ4v) is 2.23. The minimum absolute atomic E-state index is 1.24. The predicted octanol–water partition coefficient (Wildman–Crippen LogP) is 4.39. The molecule has 0 amide bonds. The van der Waals surface area contributed by atoms with Gasteiger partial charge in [-0.1, -0.05) is 35.9 Å². The highest BCUT2D eigenvalue weighted by atomic mass is 14.1. The second-order valence-electron chi connectivity index (χ2n) is 4.50. The lowest BCUT2D eigenvalue weighted by atomic mass is 9.92. The topological polar surface area (TPSA) is 0 Å². The lowest BCUT2D eigenvalue weighted by Gasteiger charge is -2.12. The van der Waals surface area contributed by atoms with Gasteiger partial charge in [-0.25, -0.2) is 0 Å². The molecule has 0 atom stereocenters. The molecule has 0 fully saturated rings. The summed E-state index contributed by atoms with van der Waals surface area (Å²) in [6.45, 7) is 8.59. The van der Waals surface area contributed by atoms with Crippen LogP contribution in [-0.2, 0) is 0 Å². The van der Waals surface area contributed by atoms with Gasteiger partial charge in [0, 0.05) is 0 Å². The van der Waals surface area contributed by atoms with Crippen LogP contribution in [0.15, 0.2) is 30.3 Å². The molecule has 1 radical (unpaired) electrons. The van der Waals surface area contributed by atoms with E-state index in [2.05, 4.69) is 64.1 Å². The Hall–Kier alpha value is -1.56. The van der Waals surface area contributed by atoms with E-state index >= 15 is 0 Å². The minimum atomic E-state index is 1.24. The molecule has 0 unspecified atom stereocenters. The summed E-state index contributed by atoms with van der Waals surface area (Å²) >= 11 is 0. The highest BCUT2D eigenvalue weighted by molar-refractivity contribution is 5.73. The smallest absolute Gasteiger partial charge is 0.00704 e. The summed E-state index contributed by atoms with van der Waals surface area (Å²) in [5.74, 6) is 0. The van der Waals surface area contributed by atoms with Gasteiger partial charge in [0.2, 0.25) is 0 Å². The summed E-state index contributed by atoms with van der Waals surface area (Å²) < 4.78 is 0. The zero-order valence-electron chi connectivity index (χ0n) is 10.4. The molecule has 2 aromatic rings. The van der Waals surface area contributed by atoms with Gasteiger partial charge in [0.1, 0.15) is 0 Å². The summed E-state index contributed by atoms with van der Waals surface area (Å²) in [6, 6.07) is 14.1. The van der Waals surface area contributed by atoms with Crippen LogP contribution in [0, 0.1) is 33.8 Å². The summed E-state index contributed by atoms with van der Waals surface area (Å²) in [5, 5.41) is 0. The molecule has 0 bridgehead atoms. The van der Waals surface area contributed by atoms with E-state index in [4.69, 9.17) is 0 Å². The number of aryl methyl sites for hydroxylation is 4. The van der Waals surface area contributed by atoms with Crippen molar-refractivity contribution in [1.82, 2.24) is 0 Å². The van der Waals surface area contributed by atoms with E-state index in [1.54, 1.807) is 0 Å². The first kappa shape index (κ1) is 10.9. The Labute approximate surface area is 97.9 Å². The van der Waals surface area contributed by atoms with Gasteiger partial charge in [-0.2, -0.15) is 0 Å². The summed E-state index contributed by atoms with van der Waals surface area (Å²) in [5.41, 5.74) is 7.79. The van der Waals surface area contributed by atoms with Crippen molar-refractivity contribution in [1.29, 1.82) is 0 Å². The molecule has 0 aliphatic heterocycles. The molecule has 0 aromatic heterocycles. The monoisotopic (exact) mass is 209 g/mol. The van der Waals surface area contributed by atoms with Gasteiger partial charge in [-0.05, 0) is 61.6 Å². The van der Waals surface area contributed by atoms with E-state index in [0.29, 0.717) is 0 Å².